The van der Waals surface area contributed by atoms with Gasteiger partial charge in [-0.2, -0.15) is 5.10 Å². The van der Waals surface area contributed by atoms with Crippen molar-refractivity contribution in [3.63, 3.8) is 0 Å². The summed E-state index contributed by atoms with van der Waals surface area (Å²) in [5.74, 6) is -0.0982. The van der Waals surface area contributed by atoms with Crippen molar-refractivity contribution in [2.75, 3.05) is 5.73 Å². The summed E-state index contributed by atoms with van der Waals surface area (Å²) in [5.41, 5.74) is 10.8. The van der Waals surface area contributed by atoms with Crippen LogP contribution in [0.4, 0.5) is 11.6 Å². The number of anilines is 1. The zero-order valence-corrected chi connectivity index (χ0v) is 8.19. The molecule has 0 bridgehead atoms. The van der Waals surface area contributed by atoms with Gasteiger partial charge < -0.3 is 11.5 Å². The first kappa shape index (κ1) is 10.2. The van der Waals surface area contributed by atoms with Gasteiger partial charge >= 0.3 is 0 Å². The molecule has 0 atom stereocenters. The molecular weight excluding hydrogens is 182 g/mol. The third kappa shape index (κ3) is 1.73. The molecule has 1 aromatic heterocycles. The summed E-state index contributed by atoms with van der Waals surface area (Å²) in [4.78, 5) is 15.1. The van der Waals surface area contributed by atoms with Crippen LogP contribution in [0.5, 0.6) is 0 Å². The van der Waals surface area contributed by atoms with E-state index in [-0.39, 0.29) is 11.4 Å². The fourth-order valence-electron chi connectivity index (χ4n) is 1.10. The number of aryl methyl sites for hydroxylation is 1. The minimum absolute atomic E-state index is 0.114. The minimum Gasteiger partial charge on any atom is -0.381 e. The van der Waals surface area contributed by atoms with E-state index in [0.717, 1.165) is 6.42 Å². The third-order valence-corrected chi connectivity index (χ3v) is 1.69. The van der Waals surface area contributed by atoms with Crippen molar-refractivity contribution < 1.29 is 4.79 Å². The van der Waals surface area contributed by atoms with Crippen LogP contribution in [0, 0.1) is 0 Å². The standard InChI is InChI=1S/C8H13N5O/c1-3-4-11-8-5(7(10)14)6(9)12-13(8)2/h4H,3H2,1-2H3,(H2,9,12)(H2,10,14)/b11-4-. The number of aliphatic imine (C=N–C) groups is 1. The molecule has 1 heterocycles. The quantitative estimate of drug-likeness (QED) is 0.674. The molecule has 0 aliphatic carbocycles. The molecule has 0 radical (unpaired) electrons. The molecule has 0 aromatic carbocycles. The molecule has 0 aliphatic rings. The zero-order chi connectivity index (χ0) is 10.7. The number of carbonyl (C=O) groups excluding carboxylic acids is 1. The fourth-order valence-corrected chi connectivity index (χ4v) is 1.10. The number of carbonyl (C=O) groups is 1. The van der Waals surface area contributed by atoms with Gasteiger partial charge in [0.1, 0.15) is 5.56 Å². The van der Waals surface area contributed by atoms with Crippen LogP contribution in [0.3, 0.4) is 0 Å². The summed E-state index contributed by atoms with van der Waals surface area (Å²) in [6.45, 7) is 1.94. The van der Waals surface area contributed by atoms with E-state index < -0.39 is 5.91 Å². The van der Waals surface area contributed by atoms with Crippen LogP contribution < -0.4 is 11.5 Å². The average Bonchev–Trinajstić information content (AvgIpc) is 2.37. The monoisotopic (exact) mass is 195 g/mol. The van der Waals surface area contributed by atoms with Crippen molar-refractivity contribution in [2.45, 2.75) is 13.3 Å². The predicted octanol–water partition coefficient (Wildman–Crippen LogP) is 0.213. The van der Waals surface area contributed by atoms with Gasteiger partial charge in [0, 0.05) is 13.3 Å². The van der Waals surface area contributed by atoms with Gasteiger partial charge in [-0.1, -0.05) is 6.92 Å². The number of amides is 1. The van der Waals surface area contributed by atoms with E-state index in [0.29, 0.717) is 5.82 Å². The second-order valence-corrected chi connectivity index (χ2v) is 2.79. The summed E-state index contributed by atoms with van der Waals surface area (Å²) in [7, 11) is 1.66. The average molecular weight is 195 g/mol. The molecule has 14 heavy (non-hydrogen) atoms. The molecular formula is C8H13N5O. The lowest BCUT2D eigenvalue weighted by molar-refractivity contribution is 0.100. The molecule has 1 amide bonds. The number of nitrogens with two attached hydrogens (primary N) is 2. The van der Waals surface area contributed by atoms with E-state index in [1.807, 2.05) is 6.92 Å². The highest BCUT2D eigenvalue weighted by Crippen LogP contribution is 2.22. The summed E-state index contributed by atoms with van der Waals surface area (Å²) >= 11 is 0. The smallest absolute Gasteiger partial charge is 0.256 e. The summed E-state index contributed by atoms with van der Waals surface area (Å²) in [6.07, 6.45) is 2.44. The maximum Gasteiger partial charge on any atom is 0.256 e. The summed E-state index contributed by atoms with van der Waals surface area (Å²) in [6, 6.07) is 0. The first-order valence-corrected chi connectivity index (χ1v) is 4.22. The Morgan fingerprint density at radius 2 is 2.36 bits per heavy atom. The lowest BCUT2D eigenvalue weighted by atomic mass is 10.3. The Labute approximate surface area is 81.6 Å². The van der Waals surface area contributed by atoms with Gasteiger partial charge in [-0.05, 0) is 6.42 Å². The van der Waals surface area contributed by atoms with Crippen molar-refractivity contribution in [3.05, 3.63) is 5.56 Å². The lowest BCUT2D eigenvalue weighted by Gasteiger charge is -1.95. The lowest BCUT2D eigenvalue weighted by Crippen LogP contribution is -2.12. The van der Waals surface area contributed by atoms with Crippen LogP contribution in [0.1, 0.15) is 23.7 Å². The van der Waals surface area contributed by atoms with E-state index in [2.05, 4.69) is 10.1 Å². The highest BCUT2D eigenvalue weighted by molar-refractivity contribution is 6.02. The molecule has 6 nitrogen and oxygen atoms in total. The van der Waals surface area contributed by atoms with E-state index in [9.17, 15) is 4.79 Å². The van der Waals surface area contributed by atoms with Gasteiger partial charge in [-0.3, -0.25) is 4.79 Å². The molecule has 1 rings (SSSR count). The Balaban J connectivity index is 3.25. The molecule has 76 valence electrons. The van der Waals surface area contributed by atoms with Gasteiger partial charge in [0.15, 0.2) is 11.6 Å². The molecule has 0 fully saturated rings. The van der Waals surface area contributed by atoms with Crippen molar-refractivity contribution >= 4 is 23.8 Å². The van der Waals surface area contributed by atoms with Gasteiger partial charge in [0.05, 0.1) is 0 Å². The topological polar surface area (TPSA) is 99.3 Å². The maximum atomic E-state index is 11.0. The minimum atomic E-state index is -0.612. The van der Waals surface area contributed by atoms with Crippen LogP contribution in [0.2, 0.25) is 0 Å². The number of aromatic nitrogens is 2. The van der Waals surface area contributed by atoms with Crippen LogP contribution in [0.15, 0.2) is 4.99 Å². The van der Waals surface area contributed by atoms with Crippen molar-refractivity contribution in [1.82, 2.24) is 9.78 Å². The highest BCUT2D eigenvalue weighted by Gasteiger charge is 2.17. The van der Waals surface area contributed by atoms with E-state index in [4.69, 9.17) is 11.5 Å². The van der Waals surface area contributed by atoms with Gasteiger partial charge in [-0.15, -0.1) is 0 Å². The normalized spacial score (nSPS) is 11.0. The number of hydrogen-bond donors (Lipinski definition) is 2. The molecule has 0 aliphatic heterocycles. The van der Waals surface area contributed by atoms with Crippen LogP contribution in [-0.2, 0) is 7.05 Å². The number of nitrogens with zero attached hydrogens (tertiary/aromatic N) is 3. The molecule has 1 aromatic rings. The number of rotatable bonds is 3. The van der Waals surface area contributed by atoms with Crippen LogP contribution in [0.25, 0.3) is 0 Å². The van der Waals surface area contributed by atoms with Crippen molar-refractivity contribution in [3.8, 4) is 0 Å². The number of primary amides is 1. The molecule has 6 heteroatoms. The Kier molecular flexibility index (Phi) is 2.85. The van der Waals surface area contributed by atoms with E-state index in [1.54, 1.807) is 13.3 Å². The van der Waals surface area contributed by atoms with E-state index >= 15 is 0 Å². The van der Waals surface area contributed by atoms with Crippen molar-refractivity contribution in [1.29, 1.82) is 0 Å². The van der Waals surface area contributed by atoms with Gasteiger partial charge in [-0.25, -0.2) is 9.67 Å². The Morgan fingerprint density at radius 1 is 1.71 bits per heavy atom. The first-order chi connectivity index (χ1) is 6.57. The first-order valence-electron chi connectivity index (χ1n) is 4.22. The Morgan fingerprint density at radius 3 is 2.86 bits per heavy atom. The van der Waals surface area contributed by atoms with Gasteiger partial charge in [0.2, 0.25) is 0 Å². The maximum absolute atomic E-state index is 11.0. The molecule has 0 saturated heterocycles. The number of hydrogen-bond acceptors (Lipinski definition) is 4. The second-order valence-electron chi connectivity index (χ2n) is 2.79. The molecule has 0 unspecified atom stereocenters. The Hall–Kier alpha value is -1.85. The highest BCUT2D eigenvalue weighted by atomic mass is 16.1. The van der Waals surface area contributed by atoms with E-state index in [1.165, 1.54) is 4.68 Å². The SMILES string of the molecule is CC/C=N\c1c(C(N)=O)c(N)nn1C. The molecule has 4 N–H and O–H groups in total. The Bertz CT molecular complexity index is 379. The third-order valence-electron chi connectivity index (χ3n) is 1.69. The van der Waals surface area contributed by atoms with Gasteiger partial charge in [0.25, 0.3) is 5.91 Å². The second kappa shape index (κ2) is 3.91. The summed E-state index contributed by atoms with van der Waals surface area (Å²) < 4.78 is 1.43. The zero-order valence-electron chi connectivity index (χ0n) is 8.19. The summed E-state index contributed by atoms with van der Waals surface area (Å²) in [5, 5.41) is 3.87. The molecule has 0 spiro atoms. The number of nitrogen functional groups attached to an aromatic ring is 1. The fraction of sp³-hybridized carbons (Fsp3) is 0.375. The largest absolute Gasteiger partial charge is 0.381 e. The van der Waals surface area contributed by atoms with Crippen molar-refractivity contribution in [2.24, 2.45) is 17.8 Å². The molecule has 0 saturated carbocycles. The predicted molar refractivity (Wildman–Crippen MR) is 54.6 cm³/mol. The van der Waals surface area contributed by atoms with Crippen LogP contribution >= 0.6 is 0 Å². The van der Waals surface area contributed by atoms with Crippen LogP contribution in [-0.4, -0.2) is 21.9 Å².